The first-order valence-corrected chi connectivity index (χ1v) is 9.71. The minimum Gasteiger partial charge on any atom is -0.456 e. The zero-order valence-corrected chi connectivity index (χ0v) is 16.5. The van der Waals surface area contributed by atoms with E-state index in [1.54, 1.807) is 43.3 Å². The first-order valence-electron chi connectivity index (χ1n) is 9.33. The SMILES string of the molecule is CC1(C2CC2)NC(=O)N(CC(=O)Nc2ccc(Oc3ccccc3Cl)cc2)C1=O. The van der Waals surface area contributed by atoms with Gasteiger partial charge in [-0.25, -0.2) is 4.79 Å². The van der Waals surface area contributed by atoms with Crippen molar-refractivity contribution in [3.8, 4) is 11.5 Å². The first kappa shape index (κ1) is 19.3. The van der Waals surface area contributed by atoms with Crippen molar-refractivity contribution in [2.75, 3.05) is 11.9 Å². The number of rotatable bonds is 6. The zero-order valence-electron chi connectivity index (χ0n) is 15.8. The largest absolute Gasteiger partial charge is 0.456 e. The molecule has 1 unspecified atom stereocenters. The van der Waals surface area contributed by atoms with Crippen LogP contribution in [0.15, 0.2) is 48.5 Å². The average Bonchev–Trinajstić information content (AvgIpc) is 3.51. The number of ether oxygens (including phenoxy) is 1. The van der Waals surface area contributed by atoms with Gasteiger partial charge in [-0.15, -0.1) is 0 Å². The summed E-state index contributed by atoms with van der Waals surface area (Å²) in [6.07, 6.45) is 1.82. The second-order valence-electron chi connectivity index (χ2n) is 7.40. The molecular weight excluding hydrogens is 394 g/mol. The molecule has 2 fully saturated rings. The lowest BCUT2D eigenvalue weighted by Gasteiger charge is -2.20. The number of amides is 4. The van der Waals surface area contributed by atoms with Crippen molar-refractivity contribution in [2.45, 2.75) is 25.3 Å². The van der Waals surface area contributed by atoms with Crippen molar-refractivity contribution in [3.05, 3.63) is 53.6 Å². The molecule has 8 heteroatoms. The number of hydrogen-bond donors (Lipinski definition) is 2. The predicted molar refractivity (Wildman–Crippen MR) is 108 cm³/mol. The van der Waals surface area contributed by atoms with Crippen molar-refractivity contribution in [3.63, 3.8) is 0 Å². The zero-order chi connectivity index (χ0) is 20.6. The van der Waals surface area contributed by atoms with Crippen LogP contribution in [0.4, 0.5) is 10.5 Å². The monoisotopic (exact) mass is 413 g/mol. The molecule has 1 heterocycles. The number of carbonyl (C=O) groups is 3. The van der Waals surface area contributed by atoms with Gasteiger partial charge in [0, 0.05) is 5.69 Å². The van der Waals surface area contributed by atoms with Crippen LogP contribution in [0.3, 0.4) is 0 Å². The van der Waals surface area contributed by atoms with Crippen LogP contribution in [-0.2, 0) is 9.59 Å². The highest BCUT2D eigenvalue weighted by Gasteiger charge is 2.56. The van der Waals surface area contributed by atoms with Gasteiger partial charge in [0.05, 0.1) is 5.02 Å². The Bertz CT molecular complexity index is 974. The molecule has 0 bridgehead atoms. The molecule has 1 saturated carbocycles. The number of benzene rings is 2. The van der Waals surface area contributed by atoms with E-state index in [9.17, 15) is 14.4 Å². The Kier molecular flexibility index (Phi) is 4.92. The lowest BCUT2D eigenvalue weighted by atomic mass is 9.96. The van der Waals surface area contributed by atoms with E-state index in [0.717, 1.165) is 17.7 Å². The number of urea groups is 1. The van der Waals surface area contributed by atoms with Gasteiger partial charge in [-0.05, 0) is 62.1 Å². The van der Waals surface area contributed by atoms with Crippen LogP contribution in [0, 0.1) is 5.92 Å². The second kappa shape index (κ2) is 7.40. The highest BCUT2D eigenvalue weighted by Crippen LogP contribution is 2.42. The molecule has 29 heavy (non-hydrogen) atoms. The summed E-state index contributed by atoms with van der Waals surface area (Å²) in [5.74, 6) is 0.447. The molecule has 2 N–H and O–H groups in total. The van der Waals surface area contributed by atoms with Gasteiger partial charge in [0.1, 0.15) is 23.6 Å². The van der Waals surface area contributed by atoms with Crippen LogP contribution in [0.1, 0.15) is 19.8 Å². The molecule has 0 spiro atoms. The Morgan fingerprint density at radius 1 is 1.21 bits per heavy atom. The maximum absolute atomic E-state index is 12.6. The van der Waals surface area contributed by atoms with Gasteiger partial charge in [0.15, 0.2) is 0 Å². The topological polar surface area (TPSA) is 87.7 Å². The number of para-hydroxylation sites is 1. The van der Waals surface area contributed by atoms with E-state index in [2.05, 4.69) is 10.6 Å². The van der Waals surface area contributed by atoms with Gasteiger partial charge in [-0.1, -0.05) is 23.7 Å². The molecule has 0 aromatic heterocycles. The van der Waals surface area contributed by atoms with Crippen LogP contribution >= 0.6 is 11.6 Å². The molecule has 2 aromatic rings. The normalized spacial score (nSPS) is 21.1. The Morgan fingerprint density at radius 2 is 1.90 bits per heavy atom. The van der Waals surface area contributed by atoms with Crippen LogP contribution in [0.5, 0.6) is 11.5 Å². The van der Waals surface area contributed by atoms with E-state index in [0.29, 0.717) is 22.2 Å². The summed E-state index contributed by atoms with van der Waals surface area (Å²) in [6, 6.07) is 13.3. The number of anilines is 1. The smallest absolute Gasteiger partial charge is 0.325 e. The van der Waals surface area contributed by atoms with Gasteiger partial charge in [0.2, 0.25) is 5.91 Å². The van der Waals surface area contributed by atoms with Crippen molar-refractivity contribution in [1.29, 1.82) is 0 Å². The molecule has 2 aliphatic rings. The standard InChI is InChI=1S/C21H20ClN3O4/c1-21(13-6-7-13)19(27)25(20(28)24-21)12-18(26)23-14-8-10-15(11-9-14)29-17-5-3-2-4-16(17)22/h2-5,8-11,13H,6-7,12H2,1H3,(H,23,26)(H,24,28). The summed E-state index contributed by atoms with van der Waals surface area (Å²) in [5, 5.41) is 5.91. The molecule has 0 radical (unpaired) electrons. The lowest BCUT2D eigenvalue weighted by molar-refractivity contribution is -0.134. The van der Waals surface area contributed by atoms with Crippen molar-refractivity contribution >= 4 is 35.1 Å². The van der Waals surface area contributed by atoms with Gasteiger partial charge in [-0.2, -0.15) is 0 Å². The summed E-state index contributed by atoms with van der Waals surface area (Å²) in [5.41, 5.74) is -0.367. The van der Waals surface area contributed by atoms with E-state index in [4.69, 9.17) is 16.3 Å². The minimum absolute atomic E-state index is 0.151. The quantitative estimate of drug-likeness (QED) is 0.705. The fourth-order valence-electron chi connectivity index (χ4n) is 3.40. The number of imide groups is 1. The summed E-state index contributed by atoms with van der Waals surface area (Å²) < 4.78 is 5.71. The van der Waals surface area contributed by atoms with Gasteiger partial charge >= 0.3 is 6.03 Å². The minimum atomic E-state index is -0.894. The molecular formula is C21H20ClN3O4. The number of hydrogen-bond acceptors (Lipinski definition) is 4. The molecule has 2 aromatic carbocycles. The van der Waals surface area contributed by atoms with Crippen molar-refractivity contribution in [2.24, 2.45) is 5.92 Å². The van der Waals surface area contributed by atoms with Crippen LogP contribution in [0.25, 0.3) is 0 Å². The fraction of sp³-hybridized carbons (Fsp3) is 0.286. The summed E-state index contributed by atoms with van der Waals surface area (Å²) in [4.78, 5) is 38.1. The molecule has 1 aliphatic carbocycles. The van der Waals surface area contributed by atoms with Crippen LogP contribution < -0.4 is 15.4 Å². The first-order chi connectivity index (χ1) is 13.9. The third-order valence-electron chi connectivity index (χ3n) is 5.20. The summed E-state index contributed by atoms with van der Waals surface area (Å²) in [6.45, 7) is 1.39. The van der Waals surface area contributed by atoms with Gasteiger partial charge in [-0.3, -0.25) is 14.5 Å². The number of nitrogens with one attached hydrogen (secondary N) is 2. The Balaban J connectivity index is 1.36. The van der Waals surface area contributed by atoms with Crippen LogP contribution in [-0.4, -0.2) is 34.8 Å². The van der Waals surface area contributed by atoms with Crippen LogP contribution in [0.2, 0.25) is 5.02 Å². The maximum atomic E-state index is 12.6. The van der Waals surface area contributed by atoms with Crippen molar-refractivity contribution < 1.29 is 19.1 Å². The number of carbonyl (C=O) groups excluding carboxylic acids is 3. The van der Waals surface area contributed by atoms with Crippen molar-refractivity contribution in [1.82, 2.24) is 10.2 Å². The summed E-state index contributed by atoms with van der Waals surface area (Å²) in [7, 11) is 0. The molecule has 150 valence electrons. The van der Waals surface area contributed by atoms with Gasteiger partial charge < -0.3 is 15.4 Å². The third-order valence-corrected chi connectivity index (χ3v) is 5.51. The molecule has 4 rings (SSSR count). The number of nitrogens with zero attached hydrogens (tertiary/aromatic N) is 1. The van der Waals surface area contributed by atoms with Gasteiger partial charge in [0.25, 0.3) is 5.91 Å². The Labute approximate surface area is 173 Å². The summed E-state index contributed by atoms with van der Waals surface area (Å²) >= 11 is 6.08. The Hall–Kier alpha value is -3.06. The number of halogens is 1. The lowest BCUT2D eigenvalue weighted by Crippen LogP contribution is -2.46. The van der Waals surface area contributed by atoms with E-state index in [1.165, 1.54) is 0 Å². The van der Waals surface area contributed by atoms with E-state index >= 15 is 0 Å². The second-order valence-corrected chi connectivity index (χ2v) is 7.81. The third kappa shape index (κ3) is 3.91. The fourth-order valence-corrected chi connectivity index (χ4v) is 3.58. The van der Waals surface area contributed by atoms with E-state index < -0.39 is 17.5 Å². The van der Waals surface area contributed by atoms with E-state index in [-0.39, 0.29) is 18.4 Å². The molecule has 7 nitrogen and oxygen atoms in total. The Morgan fingerprint density at radius 3 is 2.55 bits per heavy atom. The molecule has 1 atom stereocenters. The predicted octanol–water partition coefficient (Wildman–Crippen LogP) is 3.79. The maximum Gasteiger partial charge on any atom is 0.325 e. The molecule has 1 saturated heterocycles. The highest BCUT2D eigenvalue weighted by molar-refractivity contribution is 6.32. The molecule has 1 aliphatic heterocycles. The highest BCUT2D eigenvalue weighted by atomic mass is 35.5. The molecule has 4 amide bonds. The van der Waals surface area contributed by atoms with E-state index in [1.807, 2.05) is 12.1 Å². The average molecular weight is 414 g/mol.